The van der Waals surface area contributed by atoms with Crippen molar-refractivity contribution in [2.45, 2.75) is 45.4 Å². The molecular weight excluding hydrogens is 218 g/mol. The lowest BCUT2D eigenvalue weighted by Crippen LogP contribution is -2.50. The molecule has 4 aliphatic rings. The second-order valence-corrected chi connectivity index (χ2v) is 7.08. The summed E-state index contributed by atoms with van der Waals surface area (Å²) in [5.41, 5.74) is 0.684. The Kier molecular flexibility index (Phi) is 2.17. The zero-order valence-corrected chi connectivity index (χ0v) is 10.6. The molecule has 4 saturated carbocycles. The Morgan fingerprint density at radius 2 is 1.94 bits per heavy atom. The number of nitrogens with zero attached hydrogens (tertiary/aromatic N) is 1. The fourth-order valence-electron chi connectivity index (χ4n) is 5.21. The number of nitriles is 1. The number of allylic oxidation sites excluding steroid dienone is 2. The highest BCUT2D eigenvalue weighted by atomic mass is 35.5. The highest BCUT2D eigenvalue weighted by Gasteiger charge is 2.56. The van der Waals surface area contributed by atoms with Gasteiger partial charge < -0.3 is 0 Å². The first kappa shape index (κ1) is 10.7. The van der Waals surface area contributed by atoms with E-state index in [0.717, 1.165) is 16.9 Å². The summed E-state index contributed by atoms with van der Waals surface area (Å²) in [4.78, 5) is 0. The summed E-state index contributed by atoms with van der Waals surface area (Å²) in [5, 5.41) is 9.63. The van der Waals surface area contributed by atoms with E-state index >= 15 is 0 Å². The lowest BCUT2D eigenvalue weighted by atomic mass is 9.44. The molecule has 16 heavy (non-hydrogen) atoms. The van der Waals surface area contributed by atoms with Gasteiger partial charge in [-0.05, 0) is 55.8 Å². The van der Waals surface area contributed by atoms with Crippen LogP contribution in [0.15, 0.2) is 11.1 Å². The third-order valence-electron chi connectivity index (χ3n) is 5.05. The Labute approximate surface area is 102 Å². The van der Waals surface area contributed by atoms with Crippen molar-refractivity contribution in [3.63, 3.8) is 0 Å². The Morgan fingerprint density at radius 3 is 2.44 bits per heavy atom. The molecule has 4 bridgehead atoms. The van der Waals surface area contributed by atoms with Crippen LogP contribution in [0.1, 0.15) is 45.4 Å². The zero-order valence-electron chi connectivity index (χ0n) is 9.80. The van der Waals surface area contributed by atoms with Crippen LogP contribution >= 0.6 is 11.6 Å². The molecule has 0 aromatic heterocycles. The zero-order chi connectivity index (χ0) is 11.4. The normalized spacial score (nSPS) is 50.4. The Bertz CT molecular complexity index is 376. The minimum Gasteiger partial charge on any atom is -0.193 e. The van der Waals surface area contributed by atoms with E-state index in [4.69, 9.17) is 16.9 Å². The molecule has 2 unspecified atom stereocenters. The Balaban J connectivity index is 1.98. The van der Waals surface area contributed by atoms with Gasteiger partial charge in [-0.1, -0.05) is 18.5 Å². The molecule has 86 valence electrons. The Morgan fingerprint density at radius 1 is 1.31 bits per heavy atom. The average molecular weight is 236 g/mol. The van der Waals surface area contributed by atoms with Crippen LogP contribution in [0.3, 0.4) is 0 Å². The Hall–Kier alpha value is -0.480. The van der Waals surface area contributed by atoms with Gasteiger partial charge in [0, 0.05) is 16.5 Å². The van der Waals surface area contributed by atoms with Gasteiger partial charge in [0.1, 0.15) is 0 Å². The maximum absolute atomic E-state index is 8.79. The number of hydrogen-bond donors (Lipinski definition) is 0. The van der Waals surface area contributed by atoms with Gasteiger partial charge in [-0.15, -0.1) is 0 Å². The molecule has 0 aromatic rings. The SMILES string of the molecule is CC12CC3CC(C1)CC(C(Cl)=CC#N)(C3)C2. The smallest absolute Gasteiger partial charge is 0.0924 e. The molecule has 4 rings (SSSR count). The van der Waals surface area contributed by atoms with E-state index in [-0.39, 0.29) is 5.41 Å². The van der Waals surface area contributed by atoms with Gasteiger partial charge in [-0.2, -0.15) is 5.26 Å². The fraction of sp³-hybridized carbons (Fsp3) is 0.786. The van der Waals surface area contributed by atoms with Crippen molar-refractivity contribution < 1.29 is 0 Å². The number of hydrogen-bond acceptors (Lipinski definition) is 1. The largest absolute Gasteiger partial charge is 0.193 e. The molecule has 4 aliphatic carbocycles. The summed E-state index contributed by atoms with van der Waals surface area (Å²) >= 11 is 6.40. The quantitative estimate of drug-likeness (QED) is 0.624. The lowest BCUT2D eigenvalue weighted by Gasteiger charge is -2.61. The second kappa shape index (κ2) is 3.26. The van der Waals surface area contributed by atoms with Crippen molar-refractivity contribution in [3.05, 3.63) is 11.1 Å². The van der Waals surface area contributed by atoms with Crippen LogP contribution in [-0.4, -0.2) is 0 Å². The van der Waals surface area contributed by atoms with Gasteiger partial charge in [-0.25, -0.2) is 0 Å². The van der Waals surface area contributed by atoms with Gasteiger partial charge in [-0.3, -0.25) is 0 Å². The minimum atomic E-state index is 0.177. The number of rotatable bonds is 1. The van der Waals surface area contributed by atoms with Gasteiger partial charge in [0.15, 0.2) is 0 Å². The highest BCUT2D eigenvalue weighted by Crippen LogP contribution is 2.67. The molecular formula is C14H18ClN. The molecule has 2 atom stereocenters. The minimum absolute atomic E-state index is 0.177. The topological polar surface area (TPSA) is 23.8 Å². The molecule has 0 aromatic carbocycles. The van der Waals surface area contributed by atoms with Gasteiger partial charge in [0.05, 0.1) is 6.07 Å². The summed E-state index contributed by atoms with van der Waals surface area (Å²) < 4.78 is 0. The van der Waals surface area contributed by atoms with Crippen LogP contribution in [0, 0.1) is 34.0 Å². The first-order chi connectivity index (χ1) is 7.55. The van der Waals surface area contributed by atoms with Crippen molar-refractivity contribution in [2.75, 3.05) is 0 Å². The molecule has 4 fully saturated rings. The maximum Gasteiger partial charge on any atom is 0.0924 e. The van der Waals surface area contributed by atoms with Gasteiger partial charge in [0.25, 0.3) is 0 Å². The molecule has 0 aliphatic heterocycles. The van der Waals surface area contributed by atoms with E-state index in [1.165, 1.54) is 38.5 Å². The van der Waals surface area contributed by atoms with Crippen LogP contribution in [0.25, 0.3) is 0 Å². The van der Waals surface area contributed by atoms with Crippen LogP contribution < -0.4 is 0 Å². The molecule has 0 amide bonds. The molecule has 0 spiro atoms. The monoisotopic (exact) mass is 235 g/mol. The third-order valence-corrected chi connectivity index (χ3v) is 5.56. The highest BCUT2D eigenvalue weighted by molar-refractivity contribution is 6.30. The van der Waals surface area contributed by atoms with Gasteiger partial charge in [0.2, 0.25) is 0 Å². The second-order valence-electron chi connectivity index (χ2n) is 6.67. The van der Waals surface area contributed by atoms with Crippen molar-refractivity contribution in [3.8, 4) is 6.07 Å². The third kappa shape index (κ3) is 1.43. The molecule has 0 saturated heterocycles. The van der Waals surface area contributed by atoms with E-state index in [0.29, 0.717) is 5.41 Å². The first-order valence-corrected chi connectivity index (χ1v) is 6.69. The van der Waals surface area contributed by atoms with Crippen LogP contribution in [-0.2, 0) is 0 Å². The van der Waals surface area contributed by atoms with Crippen molar-refractivity contribution in [2.24, 2.45) is 22.7 Å². The molecule has 2 heteroatoms. The molecule has 1 nitrogen and oxygen atoms in total. The van der Waals surface area contributed by atoms with Crippen LogP contribution in [0.4, 0.5) is 0 Å². The van der Waals surface area contributed by atoms with Crippen molar-refractivity contribution in [1.82, 2.24) is 0 Å². The van der Waals surface area contributed by atoms with Gasteiger partial charge >= 0.3 is 0 Å². The summed E-state index contributed by atoms with van der Waals surface area (Å²) in [6.45, 7) is 2.43. The van der Waals surface area contributed by atoms with E-state index in [2.05, 4.69) is 13.0 Å². The summed E-state index contributed by atoms with van der Waals surface area (Å²) in [6.07, 6.45) is 9.45. The van der Waals surface area contributed by atoms with E-state index in [1.807, 2.05) is 0 Å². The molecule has 0 heterocycles. The van der Waals surface area contributed by atoms with E-state index < -0.39 is 0 Å². The maximum atomic E-state index is 8.79. The summed E-state index contributed by atoms with van der Waals surface area (Å²) in [6, 6.07) is 2.11. The first-order valence-electron chi connectivity index (χ1n) is 6.31. The standard InChI is InChI=1S/C14H18ClN/c1-13-5-10-4-11(6-13)8-14(7-10,9-13)12(15)2-3-16/h2,10-11H,4-9H2,1H3. The van der Waals surface area contributed by atoms with E-state index in [1.54, 1.807) is 6.08 Å². The van der Waals surface area contributed by atoms with Crippen molar-refractivity contribution in [1.29, 1.82) is 5.26 Å². The predicted molar refractivity (Wildman–Crippen MR) is 64.8 cm³/mol. The van der Waals surface area contributed by atoms with Crippen molar-refractivity contribution >= 4 is 11.6 Å². The van der Waals surface area contributed by atoms with E-state index in [9.17, 15) is 0 Å². The number of halogens is 1. The lowest BCUT2D eigenvalue weighted by molar-refractivity contribution is -0.0797. The summed E-state index contributed by atoms with van der Waals surface area (Å²) in [5.74, 6) is 1.74. The van der Waals surface area contributed by atoms with Crippen LogP contribution in [0.2, 0.25) is 0 Å². The molecule has 0 radical (unpaired) electrons. The summed E-state index contributed by atoms with van der Waals surface area (Å²) in [7, 11) is 0. The fourth-order valence-corrected chi connectivity index (χ4v) is 5.48. The molecule has 0 N–H and O–H groups in total. The predicted octanol–water partition coefficient (Wildman–Crippen LogP) is 4.24. The average Bonchev–Trinajstić information content (AvgIpc) is 2.13. The van der Waals surface area contributed by atoms with Crippen LogP contribution in [0.5, 0.6) is 0 Å².